The first-order valence-corrected chi connectivity index (χ1v) is 4.83. The van der Waals surface area contributed by atoms with Crippen molar-refractivity contribution in [3.05, 3.63) is 33.7 Å². The van der Waals surface area contributed by atoms with Crippen molar-refractivity contribution >= 4 is 28.7 Å². The maximum Gasteiger partial charge on any atom is 0.0634 e. The summed E-state index contributed by atoms with van der Waals surface area (Å²) in [5, 5.41) is 0. The first kappa shape index (κ1) is 8.71. The first-order valence-electron chi connectivity index (χ1n) is 3.58. The molecule has 0 aromatic carbocycles. The van der Waals surface area contributed by atoms with Crippen LogP contribution in [0.5, 0.6) is 0 Å². The standard InChI is InChI=1S/C9H10IN/c1-2-8-3-4-9(5-6-10)11-7-8/h3-7H,2H2,1H3/b6-5+. The predicted octanol–water partition coefficient (Wildman–Crippen LogP) is 3.05. The maximum absolute atomic E-state index is 4.25. The molecule has 0 radical (unpaired) electrons. The van der Waals surface area contributed by atoms with E-state index in [2.05, 4.69) is 40.6 Å². The van der Waals surface area contributed by atoms with Crippen molar-refractivity contribution in [3.8, 4) is 0 Å². The highest BCUT2D eigenvalue weighted by Crippen LogP contribution is 2.03. The van der Waals surface area contributed by atoms with Gasteiger partial charge in [0.2, 0.25) is 0 Å². The summed E-state index contributed by atoms with van der Waals surface area (Å²) in [5.41, 5.74) is 2.31. The first-order chi connectivity index (χ1) is 5.36. The van der Waals surface area contributed by atoms with Crippen LogP contribution in [-0.4, -0.2) is 4.98 Å². The summed E-state index contributed by atoms with van der Waals surface area (Å²) in [6.07, 6.45) is 4.97. The van der Waals surface area contributed by atoms with E-state index in [4.69, 9.17) is 0 Å². The second-order valence-corrected chi connectivity index (χ2v) is 2.96. The lowest BCUT2D eigenvalue weighted by atomic mass is 10.2. The second-order valence-electron chi connectivity index (χ2n) is 2.24. The van der Waals surface area contributed by atoms with Gasteiger partial charge in [0.15, 0.2) is 0 Å². The number of aryl methyl sites for hydroxylation is 1. The second kappa shape index (κ2) is 4.49. The van der Waals surface area contributed by atoms with Gasteiger partial charge in [-0.1, -0.05) is 35.6 Å². The van der Waals surface area contributed by atoms with Crippen LogP contribution >= 0.6 is 22.6 Å². The normalized spacial score (nSPS) is 10.7. The van der Waals surface area contributed by atoms with Gasteiger partial charge in [-0.3, -0.25) is 4.98 Å². The van der Waals surface area contributed by atoms with Crippen LogP contribution in [0.1, 0.15) is 18.2 Å². The molecule has 0 amide bonds. The topological polar surface area (TPSA) is 12.9 Å². The average molecular weight is 259 g/mol. The van der Waals surface area contributed by atoms with Crippen LogP contribution in [0.25, 0.3) is 6.08 Å². The summed E-state index contributed by atoms with van der Waals surface area (Å²) in [4.78, 5) is 4.25. The van der Waals surface area contributed by atoms with E-state index in [1.165, 1.54) is 5.56 Å². The van der Waals surface area contributed by atoms with Gasteiger partial charge in [0.05, 0.1) is 5.69 Å². The summed E-state index contributed by atoms with van der Waals surface area (Å²) in [6.45, 7) is 2.13. The molecule has 58 valence electrons. The van der Waals surface area contributed by atoms with Gasteiger partial charge in [-0.05, 0) is 28.2 Å². The third-order valence-electron chi connectivity index (χ3n) is 1.49. The van der Waals surface area contributed by atoms with Crippen LogP contribution in [0.15, 0.2) is 22.4 Å². The van der Waals surface area contributed by atoms with Crippen LogP contribution in [-0.2, 0) is 6.42 Å². The van der Waals surface area contributed by atoms with Crippen LogP contribution in [0.2, 0.25) is 0 Å². The third kappa shape index (κ3) is 2.61. The Morgan fingerprint density at radius 1 is 1.55 bits per heavy atom. The van der Waals surface area contributed by atoms with Gasteiger partial charge in [-0.15, -0.1) is 0 Å². The number of nitrogens with zero attached hydrogens (tertiary/aromatic N) is 1. The largest absolute Gasteiger partial charge is 0.257 e. The highest BCUT2D eigenvalue weighted by Gasteiger charge is 1.88. The zero-order chi connectivity index (χ0) is 8.10. The molecule has 0 aliphatic rings. The fraction of sp³-hybridized carbons (Fsp3) is 0.222. The third-order valence-corrected chi connectivity index (χ3v) is 1.85. The van der Waals surface area contributed by atoms with Crippen LogP contribution in [0.3, 0.4) is 0 Å². The number of aromatic nitrogens is 1. The van der Waals surface area contributed by atoms with Crippen molar-refractivity contribution in [1.82, 2.24) is 4.98 Å². The number of halogens is 1. The monoisotopic (exact) mass is 259 g/mol. The van der Waals surface area contributed by atoms with E-state index in [0.29, 0.717) is 0 Å². The zero-order valence-electron chi connectivity index (χ0n) is 6.42. The lowest BCUT2D eigenvalue weighted by Crippen LogP contribution is -1.83. The summed E-state index contributed by atoms with van der Waals surface area (Å²) < 4.78 is 1.96. The van der Waals surface area contributed by atoms with Crippen molar-refractivity contribution in [2.24, 2.45) is 0 Å². The minimum Gasteiger partial charge on any atom is -0.257 e. The lowest BCUT2D eigenvalue weighted by Gasteiger charge is -1.94. The smallest absolute Gasteiger partial charge is 0.0634 e. The molecule has 0 aliphatic heterocycles. The van der Waals surface area contributed by atoms with Gasteiger partial charge in [0.1, 0.15) is 0 Å². The molecule has 2 heteroatoms. The Morgan fingerprint density at radius 2 is 2.36 bits per heavy atom. The quantitative estimate of drug-likeness (QED) is 0.744. The molecule has 1 nitrogen and oxygen atoms in total. The zero-order valence-corrected chi connectivity index (χ0v) is 8.58. The average Bonchev–Trinajstić information content (AvgIpc) is 2.07. The molecule has 1 aromatic heterocycles. The van der Waals surface area contributed by atoms with E-state index >= 15 is 0 Å². The molecule has 1 aromatic rings. The van der Waals surface area contributed by atoms with Crippen molar-refractivity contribution < 1.29 is 0 Å². The SMILES string of the molecule is CCc1ccc(/C=C/I)nc1. The molecule has 0 atom stereocenters. The Morgan fingerprint density at radius 3 is 2.82 bits per heavy atom. The number of hydrogen-bond donors (Lipinski definition) is 0. The maximum atomic E-state index is 4.25. The van der Waals surface area contributed by atoms with E-state index in [9.17, 15) is 0 Å². The van der Waals surface area contributed by atoms with Crippen LogP contribution < -0.4 is 0 Å². The van der Waals surface area contributed by atoms with Gasteiger partial charge in [0.25, 0.3) is 0 Å². The van der Waals surface area contributed by atoms with E-state index in [-0.39, 0.29) is 0 Å². The minimum atomic E-state index is 1.02. The van der Waals surface area contributed by atoms with Crippen molar-refractivity contribution in [2.75, 3.05) is 0 Å². The van der Waals surface area contributed by atoms with E-state index in [1.54, 1.807) is 0 Å². The van der Waals surface area contributed by atoms with Gasteiger partial charge in [0, 0.05) is 6.20 Å². The molecule has 0 bridgehead atoms. The molecule has 0 saturated carbocycles. The Bertz CT molecular complexity index is 238. The molecule has 0 aliphatic carbocycles. The molecule has 0 saturated heterocycles. The Kier molecular flexibility index (Phi) is 3.56. The summed E-state index contributed by atoms with van der Waals surface area (Å²) >= 11 is 2.19. The minimum absolute atomic E-state index is 1.02. The molecule has 1 rings (SSSR count). The molecule has 0 unspecified atom stereocenters. The molecule has 0 N–H and O–H groups in total. The van der Waals surface area contributed by atoms with Gasteiger partial charge in [-0.2, -0.15) is 0 Å². The number of hydrogen-bond acceptors (Lipinski definition) is 1. The van der Waals surface area contributed by atoms with Gasteiger partial charge < -0.3 is 0 Å². The predicted molar refractivity (Wildman–Crippen MR) is 56.7 cm³/mol. The number of pyridine rings is 1. The lowest BCUT2D eigenvalue weighted by molar-refractivity contribution is 1.10. The highest BCUT2D eigenvalue weighted by atomic mass is 127. The Labute approximate surface area is 80.7 Å². The van der Waals surface area contributed by atoms with Crippen LogP contribution in [0.4, 0.5) is 0 Å². The fourth-order valence-electron chi connectivity index (χ4n) is 0.808. The molecular formula is C9H10IN. The fourth-order valence-corrected chi connectivity index (χ4v) is 1.18. The summed E-state index contributed by atoms with van der Waals surface area (Å²) in [7, 11) is 0. The summed E-state index contributed by atoms with van der Waals surface area (Å²) in [5.74, 6) is 0. The Hall–Kier alpha value is -0.380. The van der Waals surface area contributed by atoms with Crippen molar-refractivity contribution in [1.29, 1.82) is 0 Å². The molecular weight excluding hydrogens is 249 g/mol. The van der Waals surface area contributed by atoms with Crippen LogP contribution in [0, 0.1) is 0 Å². The highest BCUT2D eigenvalue weighted by molar-refractivity contribution is 14.1. The van der Waals surface area contributed by atoms with E-state index in [1.807, 2.05) is 22.4 Å². The summed E-state index contributed by atoms with van der Waals surface area (Å²) in [6, 6.07) is 4.15. The molecule has 0 fully saturated rings. The number of rotatable bonds is 2. The Balaban J connectivity index is 2.82. The van der Waals surface area contributed by atoms with Crippen molar-refractivity contribution in [3.63, 3.8) is 0 Å². The van der Waals surface area contributed by atoms with Gasteiger partial charge >= 0.3 is 0 Å². The molecule has 0 spiro atoms. The van der Waals surface area contributed by atoms with E-state index < -0.39 is 0 Å². The molecule has 11 heavy (non-hydrogen) atoms. The van der Waals surface area contributed by atoms with Crippen molar-refractivity contribution in [2.45, 2.75) is 13.3 Å². The van der Waals surface area contributed by atoms with E-state index in [0.717, 1.165) is 12.1 Å². The van der Waals surface area contributed by atoms with Gasteiger partial charge in [-0.25, -0.2) is 0 Å². The molecule has 1 heterocycles.